The molecule has 1 aromatic rings. The Kier molecular flexibility index (Phi) is 4.84. The van der Waals surface area contributed by atoms with E-state index in [0.29, 0.717) is 11.6 Å². The van der Waals surface area contributed by atoms with Gasteiger partial charge >= 0.3 is 0 Å². The standard InChI is InChI=1S/C12H19N3OS/c1-8-7-10(15(3)5-6-16-4)11(12(13)17)9(2)14-8/h7H,5-6H2,1-4H3,(H2,13,17). The van der Waals surface area contributed by atoms with Gasteiger partial charge in [-0.15, -0.1) is 0 Å². The summed E-state index contributed by atoms with van der Waals surface area (Å²) in [6.07, 6.45) is 0. The number of hydrogen-bond acceptors (Lipinski definition) is 4. The van der Waals surface area contributed by atoms with Crippen molar-refractivity contribution in [2.75, 3.05) is 32.2 Å². The number of likely N-dealkylation sites (N-methyl/N-ethyl adjacent to an activating group) is 1. The minimum absolute atomic E-state index is 0.384. The largest absolute Gasteiger partial charge is 0.389 e. The van der Waals surface area contributed by atoms with Crippen LogP contribution in [0.25, 0.3) is 0 Å². The monoisotopic (exact) mass is 253 g/mol. The number of anilines is 1. The maximum atomic E-state index is 5.77. The lowest BCUT2D eigenvalue weighted by atomic mass is 10.1. The van der Waals surface area contributed by atoms with Crippen molar-refractivity contribution in [2.45, 2.75) is 13.8 Å². The molecule has 0 amide bonds. The molecule has 1 aromatic heterocycles. The maximum absolute atomic E-state index is 5.77. The highest BCUT2D eigenvalue weighted by Gasteiger charge is 2.14. The van der Waals surface area contributed by atoms with E-state index in [1.54, 1.807) is 7.11 Å². The average molecular weight is 253 g/mol. The van der Waals surface area contributed by atoms with Crippen molar-refractivity contribution in [1.29, 1.82) is 0 Å². The number of methoxy groups -OCH3 is 1. The molecule has 0 aromatic carbocycles. The summed E-state index contributed by atoms with van der Waals surface area (Å²) in [5.41, 5.74) is 9.46. The lowest BCUT2D eigenvalue weighted by molar-refractivity contribution is 0.206. The molecule has 17 heavy (non-hydrogen) atoms. The number of nitrogens with zero attached hydrogens (tertiary/aromatic N) is 2. The van der Waals surface area contributed by atoms with E-state index in [0.717, 1.165) is 29.2 Å². The Morgan fingerprint density at radius 1 is 1.53 bits per heavy atom. The van der Waals surface area contributed by atoms with Gasteiger partial charge in [-0.2, -0.15) is 0 Å². The van der Waals surface area contributed by atoms with Gasteiger partial charge in [-0.05, 0) is 19.9 Å². The molecule has 0 aliphatic carbocycles. The van der Waals surface area contributed by atoms with Crippen LogP contribution in [0.5, 0.6) is 0 Å². The molecule has 1 rings (SSSR count). The Labute approximate surface area is 108 Å². The Bertz CT molecular complexity index is 420. The third kappa shape index (κ3) is 3.38. The molecular weight excluding hydrogens is 234 g/mol. The van der Waals surface area contributed by atoms with Gasteiger partial charge in [0.25, 0.3) is 0 Å². The van der Waals surface area contributed by atoms with Gasteiger partial charge in [-0.3, -0.25) is 4.98 Å². The van der Waals surface area contributed by atoms with Crippen molar-refractivity contribution < 1.29 is 4.74 Å². The molecule has 0 aliphatic rings. The summed E-state index contributed by atoms with van der Waals surface area (Å²) in [7, 11) is 3.68. The second-order valence-electron chi connectivity index (χ2n) is 4.02. The van der Waals surface area contributed by atoms with Crippen LogP contribution in [0.3, 0.4) is 0 Å². The van der Waals surface area contributed by atoms with Gasteiger partial charge in [0.05, 0.1) is 17.9 Å². The Hall–Kier alpha value is -1.20. The first kappa shape index (κ1) is 13.9. The number of aryl methyl sites for hydroxylation is 2. The molecule has 0 unspecified atom stereocenters. The van der Waals surface area contributed by atoms with Crippen molar-refractivity contribution in [3.05, 3.63) is 23.0 Å². The van der Waals surface area contributed by atoms with Gasteiger partial charge in [0.1, 0.15) is 4.99 Å². The molecule has 0 spiro atoms. The Balaban J connectivity index is 3.15. The number of hydrogen-bond donors (Lipinski definition) is 1. The molecule has 2 N–H and O–H groups in total. The fraction of sp³-hybridized carbons (Fsp3) is 0.500. The van der Waals surface area contributed by atoms with Gasteiger partial charge in [-0.25, -0.2) is 0 Å². The van der Waals surface area contributed by atoms with Gasteiger partial charge in [0, 0.05) is 32.1 Å². The van der Waals surface area contributed by atoms with E-state index in [2.05, 4.69) is 9.88 Å². The predicted octanol–water partition coefficient (Wildman–Crippen LogP) is 1.42. The van der Waals surface area contributed by atoms with Crippen LogP contribution in [0.1, 0.15) is 17.0 Å². The van der Waals surface area contributed by atoms with Crippen LogP contribution < -0.4 is 10.6 Å². The zero-order valence-corrected chi connectivity index (χ0v) is 11.6. The highest BCUT2D eigenvalue weighted by molar-refractivity contribution is 7.80. The zero-order valence-electron chi connectivity index (χ0n) is 10.8. The molecule has 0 fully saturated rings. The molecule has 0 saturated heterocycles. The van der Waals surface area contributed by atoms with E-state index in [4.69, 9.17) is 22.7 Å². The predicted molar refractivity (Wildman–Crippen MR) is 74.7 cm³/mol. The van der Waals surface area contributed by atoms with Crippen LogP contribution in [0.4, 0.5) is 5.69 Å². The molecule has 0 aliphatic heterocycles. The fourth-order valence-electron chi connectivity index (χ4n) is 1.76. The molecule has 4 nitrogen and oxygen atoms in total. The minimum atomic E-state index is 0.384. The van der Waals surface area contributed by atoms with Gasteiger partial charge in [-0.1, -0.05) is 12.2 Å². The highest BCUT2D eigenvalue weighted by Crippen LogP contribution is 2.22. The normalized spacial score (nSPS) is 10.4. The van der Waals surface area contributed by atoms with Crippen LogP contribution in [0.2, 0.25) is 0 Å². The SMILES string of the molecule is COCCN(C)c1cc(C)nc(C)c1C(N)=S. The molecular formula is C12H19N3OS. The summed E-state index contributed by atoms with van der Waals surface area (Å²) in [6.45, 7) is 5.34. The maximum Gasteiger partial charge on any atom is 0.107 e. The second-order valence-corrected chi connectivity index (χ2v) is 4.46. The van der Waals surface area contributed by atoms with Crippen LogP contribution in [-0.4, -0.2) is 37.3 Å². The quantitative estimate of drug-likeness (QED) is 0.804. The summed E-state index contributed by atoms with van der Waals surface area (Å²) in [5.74, 6) is 0. The first-order chi connectivity index (χ1) is 7.97. The van der Waals surface area contributed by atoms with Crippen molar-refractivity contribution in [3.63, 3.8) is 0 Å². The van der Waals surface area contributed by atoms with E-state index in [9.17, 15) is 0 Å². The van der Waals surface area contributed by atoms with Crippen molar-refractivity contribution in [3.8, 4) is 0 Å². The molecule has 0 saturated carbocycles. The lowest BCUT2D eigenvalue weighted by Crippen LogP contribution is -2.26. The van der Waals surface area contributed by atoms with Crippen LogP contribution in [-0.2, 0) is 4.74 Å². The van der Waals surface area contributed by atoms with Crippen LogP contribution in [0, 0.1) is 13.8 Å². The summed E-state index contributed by atoms with van der Waals surface area (Å²) < 4.78 is 5.07. The number of aromatic nitrogens is 1. The van der Waals surface area contributed by atoms with E-state index in [1.165, 1.54) is 0 Å². The van der Waals surface area contributed by atoms with Crippen LogP contribution in [0.15, 0.2) is 6.07 Å². The van der Waals surface area contributed by atoms with E-state index in [-0.39, 0.29) is 0 Å². The van der Waals surface area contributed by atoms with E-state index < -0.39 is 0 Å². The molecule has 1 heterocycles. The lowest BCUT2D eigenvalue weighted by Gasteiger charge is -2.23. The van der Waals surface area contributed by atoms with Crippen molar-refractivity contribution in [1.82, 2.24) is 4.98 Å². The summed E-state index contributed by atoms with van der Waals surface area (Å²) in [5, 5.41) is 0. The van der Waals surface area contributed by atoms with E-state index in [1.807, 2.05) is 27.0 Å². The van der Waals surface area contributed by atoms with Crippen LogP contribution >= 0.6 is 12.2 Å². The number of ether oxygens (including phenoxy) is 1. The molecule has 94 valence electrons. The van der Waals surface area contributed by atoms with Gasteiger partial charge < -0.3 is 15.4 Å². The van der Waals surface area contributed by atoms with Gasteiger partial charge in [0.2, 0.25) is 0 Å². The number of rotatable bonds is 5. The topological polar surface area (TPSA) is 51.4 Å². The number of pyridine rings is 1. The smallest absolute Gasteiger partial charge is 0.107 e. The summed E-state index contributed by atoms with van der Waals surface area (Å²) in [4.78, 5) is 6.86. The minimum Gasteiger partial charge on any atom is -0.389 e. The fourth-order valence-corrected chi connectivity index (χ4v) is 2.01. The summed E-state index contributed by atoms with van der Waals surface area (Å²) in [6, 6.07) is 2.00. The highest BCUT2D eigenvalue weighted by atomic mass is 32.1. The first-order valence-corrected chi connectivity index (χ1v) is 5.86. The second kappa shape index (κ2) is 5.93. The van der Waals surface area contributed by atoms with E-state index >= 15 is 0 Å². The van der Waals surface area contributed by atoms with Crippen molar-refractivity contribution >= 4 is 22.9 Å². The summed E-state index contributed by atoms with van der Waals surface area (Å²) >= 11 is 5.09. The Morgan fingerprint density at radius 3 is 2.71 bits per heavy atom. The average Bonchev–Trinajstić information content (AvgIpc) is 2.23. The molecule has 0 radical (unpaired) electrons. The Morgan fingerprint density at radius 2 is 2.18 bits per heavy atom. The molecule has 5 heteroatoms. The number of thiocarbonyl (C=S) groups is 1. The molecule has 0 bridgehead atoms. The number of nitrogens with two attached hydrogens (primary N) is 1. The third-order valence-electron chi connectivity index (χ3n) is 2.60. The first-order valence-electron chi connectivity index (χ1n) is 5.45. The molecule has 0 atom stereocenters. The zero-order chi connectivity index (χ0) is 13.0. The van der Waals surface area contributed by atoms with Crippen molar-refractivity contribution in [2.24, 2.45) is 5.73 Å². The van der Waals surface area contributed by atoms with Gasteiger partial charge in [0.15, 0.2) is 0 Å². The third-order valence-corrected chi connectivity index (χ3v) is 2.80.